The summed E-state index contributed by atoms with van der Waals surface area (Å²) in [5, 5.41) is 7.06. The van der Waals surface area contributed by atoms with Crippen LogP contribution in [0.3, 0.4) is 0 Å². The average molecular weight is 482 g/mol. The van der Waals surface area contributed by atoms with Crippen LogP contribution in [0.25, 0.3) is 0 Å². The normalized spacial score (nSPS) is 23.3. The molecule has 2 heterocycles. The summed E-state index contributed by atoms with van der Waals surface area (Å²) in [5.74, 6) is -0.438. The van der Waals surface area contributed by atoms with E-state index in [0.717, 1.165) is 11.1 Å². The van der Waals surface area contributed by atoms with Gasteiger partial charge in [-0.2, -0.15) is 0 Å². The Hall–Kier alpha value is -3.22. The maximum atomic E-state index is 13.7. The smallest absolute Gasteiger partial charge is 0.325 e. The number of carbonyl (C=O) groups is 2. The van der Waals surface area contributed by atoms with Gasteiger partial charge in [0.25, 0.3) is 0 Å². The van der Waals surface area contributed by atoms with Crippen LogP contribution in [0, 0.1) is 12.8 Å². The predicted molar refractivity (Wildman–Crippen MR) is 129 cm³/mol. The maximum Gasteiger partial charge on any atom is 0.325 e. The number of fused-ring (bicyclic) bond motifs is 4. The molecule has 2 N–H and O–H groups in total. The first-order chi connectivity index (χ1) is 15.8. The fraction of sp³-hybridized carbons (Fsp3) is 0.200. The summed E-state index contributed by atoms with van der Waals surface area (Å²) in [4.78, 5) is 28.5. The molecule has 0 aliphatic carbocycles. The summed E-state index contributed by atoms with van der Waals surface area (Å²) >= 11 is 12.4. The Morgan fingerprint density at radius 2 is 1.82 bits per heavy atom. The second-order valence-corrected chi connectivity index (χ2v) is 9.21. The van der Waals surface area contributed by atoms with Crippen molar-refractivity contribution >= 4 is 46.5 Å². The topological polar surface area (TPSA) is 70.7 Å². The first-order valence-electron chi connectivity index (χ1n) is 10.5. The van der Waals surface area contributed by atoms with Crippen LogP contribution in [0.1, 0.15) is 24.1 Å². The maximum absolute atomic E-state index is 13.7. The number of benzene rings is 3. The minimum Gasteiger partial charge on any atom is -0.466 e. The zero-order valence-electron chi connectivity index (χ0n) is 17.9. The second-order valence-electron chi connectivity index (χ2n) is 8.36. The second kappa shape index (κ2) is 7.97. The summed E-state index contributed by atoms with van der Waals surface area (Å²) in [6, 6.07) is 18.7. The lowest BCUT2D eigenvalue weighted by atomic mass is 9.78. The number of aryl methyl sites for hydroxylation is 1. The number of urea groups is 1. The molecule has 3 amide bonds. The van der Waals surface area contributed by atoms with Gasteiger partial charge in [0.05, 0.1) is 11.7 Å². The van der Waals surface area contributed by atoms with Crippen molar-refractivity contribution in [2.24, 2.45) is 5.92 Å². The molecule has 3 aromatic rings. The van der Waals surface area contributed by atoms with Gasteiger partial charge in [-0.3, -0.25) is 9.69 Å². The number of hydrogen-bond donors (Lipinski definition) is 2. The van der Waals surface area contributed by atoms with Gasteiger partial charge in [0.2, 0.25) is 11.6 Å². The molecular weight excluding hydrogens is 461 g/mol. The molecule has 33 heavy (non-hydrogen) atoms. The molecule has 8 heteroatoms. The average Bonchev–Trinajstić information content (AvgIpc) is 2.77. The highest BCUT2D eigenvalue weighted by Crippen LogP contribution is 2.49. The van der Waals surface area contributed by atoms with Gasteiger partial charge in [-0.05, 0) is 61.9 Å². The van der Waals surface area contributed by atoms with Crippen molar-refractivity contribution in [3.8, 4) is 5.75 Å². The van der Waals surface area contributed by atoms with Gasteiger partial charge in [0.15, 0.2) is 0 Å². The molecule has 0 radical (unpaired) electrons. The molecule has 168 valence electrons. The van der Waals surface area contributed by atoms with Crippen molar-refractivity contribution < 1.29 is 14.3 Å². The third-order valence-corrected chi connectivity index (χ3v) is 6.87. The van der Waals surface area contributed by atoms with E-state index >= 15 is 0 Å². The van der Waals surface area contributed by atoms with Gasteiger partial charge in [0, 0.05) is 21.3 Å². The van der Waals surface area contributed by atoms with E-state index in [2.05, 4.69) is 10.6 Å². The lowest BCUT2D eigenvalue weighted by Gasteiger charge is -2.54. The number of rotatable bonds is 3. The first kappa shape index (κ1) is 21.6. The van der Waals surface area contributed by atoms with Crippen molar-refractivity contribution in [1.82, 2.24) is 5.32 Å². The van der Waals surface area contributed by atoms with Gasteiger partial charge >= 0.3 is 6.03 Å². The molecule has 3 atom stereocenters. The number of para-hydroxylation sites is 1. The van der Waals surface area contributed by atoms with E-state index in [0.29, 0.717) is 27.2 Å². The lowest BCUT2D eigenvalue weighted by Crippen LogP contribution is -2.72. The number of amides is 3. The van der Waals surface area contributed by atoms with E-state index in [1.807, 2.05) is 37.3 Å². The number of ether oxygens (including phenoxy) is 1. The number of hydrogen-bond acceptors (Lipinski definition) is 3. The number of anilines is 2. The largest absolute Gasteiger partial charge is 0.466 e. The molecule has 1 saturated heterocycles. The first-order valence-corrected chi connectivity index (χ1v) is 11.2. The fourth-order valence-corrected chi connectivity index (χ4v) is 4.89. The molecule has 6 nitrogen and oxygen atoms in total. The number of halogens is 2. The fourth-order valence-electron chi connectivity index (χ4n) is 4.59. The summed E-state index contributed by atoms with van der Waals surface area (Å²) in [6.07, 6.45) is 0. The summed E-state index contributed by atoms with van der Waals surface area (Å²) in [7, 11) is 0. The van der Waals surface area contributed by atoms with Crippen LogP contribution in [0.2, 0.25) is 10.0 Å². The van der Waals surface area contributed by atoms with Crippen molar-refractivity contribution in [2.75, 3.05) is 10.2 Å². The van der Waals surface area contributed by atoms with E-state index in [4.69, 9.17) is 27.9 Å². The monoisotopic (exact) mass is 481 g/mol. The number of carbonyl (C=O) groups excluding carboxylic acids is 2. The third kappa shape index (κ3) is 3.59. The number of nitrogens with one attached hydrogen (secondary N) is 2. The molecule has 0 aromatic heterocycles. The van der Waals surface area contributed by atoms with Crippen LogP contribution in [0.15, 0.2) is 66.7 Å². The van der Waals surface area contributed by atoms with E-state index < -0.39 is 17.7 Å². The SMILES string of the molecule is Cc1ccc(N2C(=O)NC3c4ccccc4OC2(C)C3C(=O)Nc2ccc(Cl)cc2)cc1Cl. The molecule has 5 rings (SSSR count). The quantitative estimate of drug-likeness (QED) is 0.486. The van der Waals surface area contributed by atoms with Crippen molar-refractivity contribution in [3.05, 3.63) is 87.9 Å². The minimum atomic E-state index is -1.31. The highest BCUT2D eigenvalue weighted by molar-refractivity contribution is 6.31. The summed E-state index contributed by atoms with van der Waals surface area (Å²) < 4.78 is 6.43. The number of nitrogens with zero attached hydrogens (tertiary/aromatic N) is 1. The molecule has 0 spiro atoms. The van der Waals surface area contributed by atoms with Crippen LogP contribution < -0.4 is 20.3 Å². The third-order valence-electron chi connectivity index (χ3n) is 6.21. The van der Waals surface area contributed by atoms with E-state index in [-0.39, 0.29) is 11.9 Å². The zero-order valence-corrected chi connectivity index (χ0v) is 19.4. The highest BCUT2D eigenvalue weighted by Gasteiger charge is 2.60. The Morgan fingerprint density at radius 3 is 2.55 bits per heavy atom. The van der Waals surface area contributed by atoms with Crippen LogP contribution in [-0.4, -0.2) is 17.7 Å². The Labute approximate surface area is 201 Å². The molecule has 1 fully saturated rings. The highest BCUT2D eigenvalue weighted by atomic mass is 35.5. The van der Waals surface area contributed by atoms with Crippen LogP contribution >= 0.6 is 23.2 Å². The summed E-state index contributed by atoms with van der Waals surface area (Å²) in [5.41, 5.74) is 1.46. The van der Waals surface area contributed by atoms with Crippen molar-refractivity contribution in [3.63, 3.8) is 0 Å². The van der Waals surface area contributed by atoms with Gasteiger partial charge in [-0.15, -0.1) is 0 Å². The van der Waals surface area contributed by atoms with Gasteiger partial charge in [-0.1, -0.05) is 47.5 Å². The Kier molecular flexibility index (Phi) is 5.22. The van der Waals surface area contributed by atoms with Gasteiger partial charge in [-0.25, -0.2) is 4.79 Å². The molecule has 3 aromatic carbocycles. The van der Waals surface area contributed by atoms with E-state index in [9.17, 15) is 9.59 Å². The van der Waals surface area contributed by atoms with Gasteiger partial charge < -0.3 is 15.4 Å². The standard InChI is InChI=1S/C25H21Cl2N3O3/c1-14-7-12-17(13-19(14)27)30-24(32)29-22-18-5-3-4-6-20(18)33-25(30,2)21(22)23(31)28-16-10-8-15(26)9-11-16/h3-13,21-22H,1-2H3,(H,28,31)(H,29,32). The Morgan fingerprint density at radius 1 is 1.09 bits per heavy atom. The van der Waals surface area contributed by atoms with Gasteiger partial charge in [0.1, 0.15) is 11.7 Å². The van der Waals surface area contributed by atoms with Crippen molar-refractivity contribution in [2.45, 2.75) is 25.6 Å². The van der Waals surface area contributed by atoms with E-state index in [1.165, 1.54) is 4.90 Å². The lowest BCUT2D eigenvalue weighted by molar-refractivity contribution is -0.131. The predicted octanol–water partition coefficient (Wildman–Crippen LogP) is 5.94. The van der Waals surface area contributed by atoms with Crippen LogP contribution in [0.4, 0.5) is 16.2 Å². The summed E-state index contributed by atoms with van der Waals surface area (Å²) in [6.45, 7) is 3.64. The zero-order chi connectivity index (χ0) is 23.3. The minimum absolute atomic E-state index is 0.289. The Bertz CT molecular complexity index is 1260. The molecule has 3 unspecified atom stereocenters. The van der Waals surface area contributed by atoms with Crippen LogP contribution in [0.5, 0.6) is 5.75 Å². The molecule has 2 aliphatic heterocycles. The van der Waals surface area contributed by atoms with Crippen LogP contribution in [-0.2, 0) is 4.79 Å². The Balaban J connectivity index is 1.61. The molecule has 2 aliphatic rings. The van der Waals surface area contributed by atoms with E-state index in [1.54, 1.807) is 43.3 Å². The molecule has 0 saturated carbocycles. The van der Waals surface area contributed by atoms with Crippen molar-refractivity contribution in [1.29, 1.82) is 0 Å². The molecule has 2 bridgehead atoms. The molecular formula is C25H21Cl2N3O3.